The molecule has 1 unspecified atom stereocenters. The van der Waals surface area contributed by atoms with Crippen LogP contribution in [0.15, 0.2) is 42.5 Å². The molecule has 0 saturated heterocycles. The molecule has 6 rings (SSSR count). The first kappa shape index (κ1) is 24.5. The maximum Gasteiger partial charge on any atom is 0.534 e. The fourth-order valence-electron chi connectivity index (χ4n) is 5.70. The highest BCUT2D eigenvalue weighted by Crippen LogP contribution is 2.60. The third kappa shape index (κ3) is 3.56. The predicted molar refractivity (Wildman–Crippen MR) is 118 cm³/mol. The topological polar surface area (TPSA) is 82.0 Å². The molecule has 0 aliphatic heterocycles. The van der Waals surface area contributed by atoms with Crippen molar-refractivity contribution in [3.05, 3.63) is 71.1 Å². The van der Waals surface area contributed by atoms with E-state index < -0.39 is 38.6 Å². The van der Waals surface area contributed by atoms with Gasteiger partial charge in [0.2, 0.25) is 5.88 Å². The number of benzene rings is 1. The van der Waals surface area contributed by atoms with Crippen LogP contribution >= 0.6 is 0 Å². The summed E-state index contributed by atoms with van der Waals surface area (Å²) in [5, 5.41) is 8.49. The minimum atomic E-state index is -5.91. The number of halogens is 5. The maximum atomic E-state index is 14.4. The van der Waals surface area contributed by atoms with E-state index in [1.54, 1.807) is 12.1 Å². The second-order valence-corrected chi connectivity index (χ2v) is 10.8. The molecule has 1 aromatic carbocycles. The molecule has 0 spiro atoms. The molecule has 3 aliphatic carbocycles. The van der Waals surface area contributed by atoms with Gasteiger partial charge in [0.1, 0.15) is 11.6 Å². The Morgan fingerprint density at radius 2 is 1.69 bits per heavy atom. The predicted octanol–water partition coefficient (Wildman–Crippen LogP) is 5.49. The van der Waals surface area contributed by atoms with Crippen molar-refractivity contribution in [2.24, 2.45) is 11.8 Å². The standard InChI is InChI=1S/C24H20F5N3O3S/c1-12-13(2)23(19-7-4-8-20(30-19)35-36(33,34)24(27,28)29)10-9-14(12)15-11-18(31-32-22(15)23)21-16(25)5-3-6-17(21)26/h3-8,11-14H,9-10H2,1-2H3/t12?,13-,14-,23+/m1/s1. The van der Waals surface area contributed by atoms with E-state index in [1.807, 2.05) is 13.8 Å². The van der Waals surface area contributed by atoms with Crippen molar-refractivity contribution >= 4 is 10.1 Å². The highest BCUT2D eigenvalue weighted by molar-refractivity contribution is 7.87. The van der Waals surface area contributed by atoms with Crippen molar-refractivity contribution < 1.29 is 34.6 Å². The van der Waals surface area contributed by atoms with E-state index in [9.17, 15) is 30.4 Å². The van der Waals surface area contributed by atoms with Crippen LogP contribution in [0.5, 0.6) is 5.88 Å². The molecule has 0 radical (unpaired) electrons. The van der Waals surface area contributed by atoms with Crippen LogP contribution in [0, 0.1) is 23.5 Å². The van der Waals surface area contributed by atoms with E-state index in [-0.39, 0.29) is 34.7 Å². The molecule has 3 aromatic rings. The van der Waals surface area contributed by atoms with Crippen LogP contribution < -0.4 is 4.18 Å². The Bertz CT molecular complexity index is 1440. The van der Waals surface area contributed by atoms with Crippen LogP contribution in [0.3, 0.4) is 0 Å². The molecule has 2 bridgehead atoms. The Morgan fingerprint density at radius 3 is 2.36 bits per heavy atom. The average Bonchev–Trinajstić information content (AvgIpc) is 2.81. The Balaban J connectivity index is 1.65. The zero-order chi connectivity index (χ0) is 26.0. The van der Waals surface area contributed by atoms with Crippen molar-refractivity contribution in [3.8, 4) is 17.1 Å². The summed E-state index contributed by atoms with van der Waals surface area (Å²) in [5.41, 5.74) is -5.25. The van der Waals surface area contributed by atoms with Gasteiger partial charge in [-0.3, -0.25) is 0 Å². The molecular formula is C24H20F5N3O3S. The second-order valence-electron chi connectivity index (χ2n) is 9.24. The van der Waals surface area contributed by atoms with Gasteiger partial charge in [-0.1, -0.05) is 26.0 Å². The fourth-order valence-corrected chi connectivity index (χ4v) is 6.11. The molecule has 2 aromatic heterocycles. The molecule has 190 valence electrons. The van der Waals surface area contributed by atoms with Gasteiger partial charge in [0.15, 0.2) is 0 Å². The van der Waals surface area contributed by atoms with Gasteiger partial charge >= 0.3 is 15.6 Å². The lowest BCUT2D eigenvalue weighted by atomic mass is 9.50. The van der Waals surface area contributed by atoms with Crippen LogP contribution in [0.2, 0.25) is 0 Å². The normalized spacial score (nSPS) is 25.5. The fraction of sp³-hybridized carbons (Fsp3) is 0.375. The monoisotopic (exact) mass is 525 g/mol. The van der Waals surface area contributed by atoms with E-state index in [0.717, 1.165) is 23.8 Å². The van der Waals surface area contributed by atoms with Crippen molar-refractivity contribution in [2.45, 2.75) is 43.5 Å². The van der Waals surface area contributed by atoms with E-state index in [2.05, 4.69) is 19.4 Å². The number of hydrogen-bond acceptors (Lipinski definition) is 6. The minimum Gasteiger partial charge on any atom is -0.355 e. The van der Waals surface area contributed by atoms with Crippen LogP contribution in [-0.2, 0) is 15.5 Å². The van der Waals surface area contributed by atoms with E-state index >= 15 is 0 Å². The molecule has 12 heteroatoms. The molecule has 3 aliphatic rings. The number of aromatic nitrogens is 3. The molecular weight excluding hydrogens is 505 g/mol. The Labute approximate surface area is 203 Å². The molecule has 1 fully saturated rings. The van der Waals surface area contributed by atoms with E-state index in [1.165, 1.54) is 12.1 Å². The van der Waals surface area contributed by atoms with Gasteiger partial charge in [0.25, 0.3) is 0 Å². The Kier molecular flexibility index (Phi) is 5.58. The summed E-state index contributed by atoms with van der Waals surface area (Å²) < 4.78 is 94.8. The number of nitrogens with zero attached hydrogens (tertiary/aromatic N) is 3. The van der Waals surface area contributed by atoms with Crippen molar-refractivity contribution in [1.82, 2.24) is 15.2 Å². The zero-order valence-corrected chi connectivity index (χ0v) is 19.9. The number of alkyl halides is 3. The lowest BCUT2D eigenvalue weighted by Crippen LogP contribution is -2.50. The summed E-state index contributed by atoms with van der Waals surface area (Å²) in [6.07, 6.45) is 1.19. The smallest absolute Gasteiger partial charge is 0.355 e. The van der Waals surface area contributed by atoms with Crippen LogP contribution in [-0.4, -0.2) is 29.1 Å². The third-order valence-electron chi connectivity index (χ3n) is 7.57. The van der Waals surface area contributed by atoms with Gasteiger partial charge in [-0.15, -0.1) is 5.10 Å². The summed E-state index contributed by atoms with van der Waals surface area (Å²) in [7, 11) is -5.91. The zero-order valence-electron chi connectivity index (χ0n) is 19.1. The largest absolute Gasteiger partial charge is 0.534 e. The molecule has 0 amide bonds. The molecule has 1 saturated carbocycles. The number of fused-ring (bicyclic) bond motifs is 2. The SMILES string of the molecule is CC1[C@@H](C)[C@]2(c3cccc(OS(=O)(=O)C(F)(F)F)n3)CC[C@H]1c1cc(-c3c(F)cccc3F)nnc12. The molecule has 4 atom stereocenters. The molecule has 2 heterocycles. The van der Waals surface area contributed by atoms with E-state index in [0.29, 0.717) is 18.5 Å². The van der Waals surface area contributed by atoms with Gasteiger partial charge in [-0.25, -0.2) is 13.8 Å². The summed E-state index contributed by atoms with van der Waals surface area (Å²) in [5.74, 6) is -2.30. The minimum absolute atomic E-state index is 0.0194. The van der Waals surface area contributed by atoms with Gasteiger partial charge in [-0.05, 0) is 60.4 Å². The van der Waals surface area contributed by atoms with E-state index in [4.69, 9.17) is 0 Å². The maximum absolute atomic E-state index is 14.4. The number of pyridine rings is 1. The highest BCUT2D eigenvalue weighted by atomic mass is 32.2. The number of rotatable bonds is 4. The van der Waals surface area contributed by atoms with Gasteiger partial charge < -0.3 is 4.18 Å². The highest BCUT2D eigenvalue weighted by Gasteiger charge is 2.56. The van der Waals surface area contributed by atoms with Crippen LogP contribution in [0.25, 0.3) is 11.3 Å². The third-order valence-corrected chi connectivity index (χ3v) is 8.53. The summed E-state index contributed by atoms with van der Waals surface area (Å²) in [4.78, 5) is 4.17. The average molecular weight is 525 g/mol. The van der Waals surface area contributed by atoms with Crippen molar-refractivity contribution in [1.29, 1.82) is 0 Å². The molecule has 36 heavy (non-hydrogen) atoms. The van der Waals surface area contributed by atoms with Gasteiger partial charge in [-0.2, -0.15) is 26.7 Å². The van der Waals surface area contributed by atoms with Crippen molar-refractivity contribution in [3.63, 3.8) is 0 Å². The summed E-state index contributed by atoms with van der Waals surface area (Å²) >= 11 is 0. The summed E-state index contributed by atoms with van der Waals surface area (Å²) in [6, 6.07) is 9.09. The van der Waals surface area contributed by atoms with Crippen LogP contribution in [0.4, 0.5) is 22.0 Å². The first-order valence-electron chi connectivity index (χ1n) is 11.2. The lowest BCUT2D eigenvalue weighted by molar-refractivity contribution is -0.0501. The van der Waals surface area contributed by atoms with Crippen LogP contribution in [0.1, 0.15) is 49.6 Å². The number of hydrogen-bond donors (Lipinski definition) is 0. The Hall–Kier alpha value is -3.15. The van der Waals surface area contributed by atoms with Crippen molar-refractivity contribution in [2.75, 3.05) is 0 Å². The quantitative estimate of drug-likeness (QED) is 0.254. The van der Waals surface area contributed by atoms with Gasteiger partial charge in [0, 0.05) is 6.07 Å². The first-order chi connectivity index (χ1) is 16.9. The Morgan fingerprint density at radius 1 is 1.03 bits per heavy atom. The molecule has 6 nitrogen and oxygen atoms in total. The first-order valence-corrected chi connectivity index (χ1v) is 12.6. The summed E-state index contributed by atoms with van der Waals surface area (Å²) in [6.45, 7) is 3.98. The molecule has 0 N–H and O–H groups in total. The lowest BCUT2D eigenvalue weighted by Gasteiger charge is -2.54. The van der Waals surface area contributed by atoms with Gasteiger partial charge in [0.05, 0.1) is 28.1 Å². The second kappa shape index (κ2) is 8.19.